The van der Waals surface area contributed by atoms with E-state index in [0.717, 1.165) is 12.5 Å². The van der Waals surface area contributed by atoms with E-state index < -0.39 is 17.7 Å². The first kappa shape index (κ1) is 14.7. The van der Waals surface area contributed by atoms with Gasteiger partial charge in [0.05, 0.1) is 6.10 Å². The SMILES string of the molecule is Cc1ccccc1CCC(O)Cc1ccc(F)cc1F. The molecule has 0 aromatic heterocycles. The van der Waals surface area contributed by atoms with Crippen LogP contribution in [0.1, 0.15) is 23.1 Å². The van der Waals surface area contributed by atoms with Crippen molar-refractivity contribution in [1.82, 2.24) is 0 Å². The minimum absolute atomic E-state index is 0.206. The number of aryl methyl sites for hydroxylation is 2. The highest BCUT2D eigenvalue weighted by molar-refractivity contribution is 5.25. The van der Waals surface area contributed by atoms with Crippen molar-refractivity contribution in [2.75, 3.05) is 0 Å². The molecule has 20 heavy (non-hydrogen) atoms. The second kappa shape index (κ2) is 6.62. The lowest BCUT2D eigenvalue weighted by atomic mass is 9.98. The lowest BCUT2D eigenvalue weighted by Crippen LogP contribution is -2.13. The van der Waals surface area contributed by atoms with Crippen LogP contribution in [0.5, 0.6) is 0 Å². The Morgan fingerprint density at radius 3 is 2.50 bits per heavy atom. The van der Waals surface area contributed by atoms with Gasteiger partial charge in [0.15, 0.2) is 0 Å². The van der Waals surface area contributed by atoms with E-state index in [2.05, 4.69) is 0 Å². The maximum absolute atomic E-state index is 13.5. The highest BCUT2D eigenvalue weighted by atomic mass is 19.1. The minimum Gasteiger partial charge on any atom is -0.393 e. The fourth-order valence-electron chi connectivity index (χ4n) is 2.26. The molecule has 2 aromatic carbocycles. The molecule has 0 aliphatic carbocycles. The molecule has 0 aliphatic heterocycles. The van der Waals surface area contributed by atoms with E-state index in [1.165, 1.54) is 23.3 Å². The first-order valence-electron chi connectivity index (χ1n) is 6.73. The van der Waals surface area contributed by atoms with E-state index in [-0.39, 0.29) is 6.42 Å². The molecule has 3 heteroatoms. The maximum Gasteiger partial charge on any atom is 0.129 e. The standard InChI is InChI=1S/C17H18F2O/c1-12-4-2-3-5-13(12)7-9-16(20)10-14-6-8-15(18)11-17(14)19/h2-6,8,11,16,20H,7,9-10H2,1H3. The van der Waals surface area contributed by atoms with Crippen molar-refractivity contribution in [1.29, 1.82) is 0 Å². The summed E-state index contributed by atoms with van der Waals surface area (Å²) in [6.45, 7) is 2.03. The van der Waals surface area contributed by atoms with Crippen molar-refractivity contribution in [3.8, 4) is 0 Å². The van der Waals surface area contributed by atoms with Crippen LogP contribution in [0.25, 0.3) is 0 Å². The zero-order chi connectivity index (χ0) is 14.5. The summed E-state index contributed by atoms with van der Waals surface area (Å²) in [6, 6.07) is 11.5. The molecule has 1 N–H and O–H groups in total. The van der Waals surface area contributed by atoms with Crippen LogP contribution in [0.15, 0.2) is 42.5 Å². The minimum atomic E-state index is -0.630. The molecule has 2 rings (SSSR count). The molecule has 1 nitrogen and oxygen atoms in total. The molecule has 1 unspecified atom stereocenters. The zero-order valence-corrected chi connectivity index (χ0v) is 11.4. The molecule has 0 fully saturated rings. The Morgan fingerprint density at radius 2 is 1.80 bits per heavy atom. The van der Waals surface area contributed by atoms with Crippen LogP contribution < -0.4 is 0 Å². The summed E-state index contributed by atoms with van der Waals surface area (Å²) < 4.78 is 26.3. The number of rotatable bonds is 5. The van der Waals surface area contributed by atoms with Crippen LogP contribution in [0.4, 0.5) is 8.78 Å². The predicted molar refractivity (Wildman–Crippen MR) is 75.6 cm³/mol. The summed E-state index contributed by atoms with van der Waals surface area (Å²) in [5, 5.41) is 9.99. The van der Waals surface area contributed by atoms with Crippen molar-refractivity contribution in [2.45, 2.75) is 32.3 Å². The average molecular weight is 276 g/mol. The first-order chi connectivity index (χ1) is 9.56. The van der Waals surface area contributed by atoms with Crippen LogP contribution in [0.2, 0.25) is 0 Å². The van der Waals surface area contributed by atoms with Gasteiger partial charge in [-0.3, -0.25) is 0 Å². The third-order valence-electron chi connectivity index (χ3n) is 3.48. The number of aliphatic hydroxyl groups excluding tert-OH is 1. The summed E-state index contributed by atoms with van der Waals surface area (Å²) in [6.07, 6.45) is 0.880. The monoisotopic (exact) mass is 276 g/mol. The molecule has 106 valence electrons. The van der Waals surface area contributed by atoms with Crippen LogP contribution >= 0.6 is 0 Å². The largest absolute Gasteiger partial charge is 0.393 e. The van der Waals surface area contributed by atoms with E-state index in [9.17, 15) is 13.9 Å². The van der Waals surface area contributed by atoms with Crippen molar-refractivity contribution in [3.05, 3.63) is 70.8 Å². The van der Waals surface area contributed by atoms with Crippen molar-refractivity contribution >= 4 is 0 Å². The van der Waals surface area contributed by atoms with Crippen LogP contribution in [-0.4, -0.2) is 11.2 Å². The Balaban J connectivity index is 1.92. The number of benzene rings is 2. The van der Waals surface area contributed by atoms with E-state index in [4.69, 9.17) is 0 Å². The fourth-order valence-corrected chi connectivity index (χ4v) is 2.26. The van der Waals surface area contributed by atoms with Crippen LogP contribution in [0, 0.1) is 18.6 Å². The van der Waals surface area contributed by atoms with Crippen LogP contribution in [-0.2, 0) is 12.8 Å². The Bertz CT molecular complexity index is 581. The van der Waals surface area contributed by atoms with Crippen molar-refractivity contribution < 1.29 is 13.9 Å². The predicted octanol–water partition coefficient (Wildman–Crippen LogP) is 3.81. The molecule has 2 aromatic rings. The molecule has 0 saturated heterocycles. The molecule has 0 saturated carbocycles. The second-order valence-corrected chi connectivity index (χ2v) is 5.06. The summed E-state index contributed by atoms with van der Waals surface area (Å²) in [5.74, 6) is -1.19. The summed E-state index contributed by atoms with van der Waals surface area (Å²) in [7, 11) is 0. The molecule has 0 bridgehead atoms. The normalized spacial score (nSPS) is 12.4. The van der Waals surface area contributed by atoms with E-state index >= 15 is 0 Å². The van der Waals surface area contributed by atoms with Gasteiger partial charge < -0.3 is 5.11 Å². The highest BCUT2D eigenvalue weighted by Gasteiger charge is 2.11. The van der Waals surface area contributed by atoms with Gasteiger partial charge >= 0.3 is 0 Å². The molecule has 0 radical (unpaired) electrons. The summed E-state index contributed by atoms with van der Waals surface area (Å²) in [4.78, 5) is 0. The van der Waals surface area contributed by atoms with Gasteiger partial charge in [-0.1, -0.05) is 30.3 Å². The number of hydrogen-bond donors (Lipinski definition) is 1. The second-order valence-electron chi connectivity index (χ2n) is 5.06. The number of hydrogen-bond acceptors (Lipinski definition) is 1. The van der Waals surface area contributed by atoms with Crippen molar-refractivity contribution in [3.63, 3.8) is 0 Å². The number of halogens is 2. The average Bonchev–Trinajstić information content (AvgIpc) is 2.41. The molecule has 1 atom stereocenters. The van der Waals surface area contributed by atoms with Gasteiger partial charge in [-0.25, -0.2) is 8.78 Å². The van der Waals surface area contributed by atoms with Crippen molar-refractivity contribution in [2.24, 2.45) is 0 Å². The topological polar surface area (TPSA) is 20.2 Å². The molecule has 0 aliphatic rings. The summed E-state index contributed by atoms with van der Waals surface area (Å²) in [5.41, 5.74) is 2.72. The van der Waals surface area contributed by atoms with Gasteiger partial charge in [0.2, 0.25) is 0 Å². The molecular weight excluding hydrogens is 258 g/mol. The Morgan fingerprint density at radius 1 is 1.05 bits per heavy atom. The van der Waals surface area contributed by atoms with E-state index in [1.807, 2.05) is 31.2 Å². The van der Waals surface area contributed by atoms with Crippen LogP contribution in [0.3, 0.4) is 0 Å². The van der Waals surface area contributed by atoms with Gasteiger partial charge in [0, 0.05) is 12.5 Å². The molecule has 0 spiro atoms. The smallest absolute Gasteiger partial charge is 0.129 e. The number of aliphatic hydroxyl groups is 1. The Kier molecular flexibility index (Phi) is 4.85. The zero-order valence-electron chi connectivity index (χ0n) is 11.4. The lowest BCUT2D eigenvalue weighted by Gasteiger charge is -2.12. The third kappa shape index (κ3) is 3.87. The van der Waals surface area contributed by atoms with E-state index in [0.29, 0.717) is 12.0 Å². The highest BCUT2D eigenvalue weighted by Crippen LogP contribution is 2.15. The quantitative estimate of drug-likeness (QED) is 0.880. The van der Waals surface area contributed by atoms with Gasteiger partial charge in [-0.05, 0) is 42.5 Å². The van der Waals surface area contributed by atoms with Gasteiger partial charge in [0.1, 0.15) is 11.6 Å². The molecule has 0 amide bonds. The Hall–Kier alpha value is -1.74. The summed E-state index contributed by atoms with van der Waals surface area (Å²) >= 11 is 0. The Labute approximate surface area is 117 Å². The van der Waals surface area contributed by atoms with Gasteiger partial charge in [0.25, 0.3) is 0 Å². The lowest BCUT2D eigenvalue weighted by molar-refractivity contribution is 0.164. The van der Waals surface area contributed by atoms with E-state index in [1.54, 1.807) is 0 Å². The first-order valence-corrected chi connectivity index (χ1v) is 6.73. The molecule has 0 heterocycles. The maximum atomic E-state index is 13.5. The van der Waals surface area contributed by atoms with Gasteiger partial charge in [-0.2, -0.15) is 0 Å². The van der Waals surface area contributed by atoms with Gasteiger partial charge in [-0.15, -0.1) is 0 Å². The molecular formula is C17H18F2O. The fraction of sp³-hybridized carbons (Fsp3) is 0.294. The third-order valence-corrected chi connectivity index (χ3v) is 3.48.